The quantitative estimate of drug-likeness (QED) is 0.640. The Bertz CT molecular complexity index is 330. The van der Waals surface area contributed by atoms with Gasteiger partial charge in [0.15, 0.2) is 6.29 Å². The molecule has 0 spiro atoms. The first-order valence-electron chi connectivity index (χ1n) is 3.16. The maximum Gasteiger partial charge on any atom is 0.335 e. The van der Waals surface area contributed by atoms with Gasteiger partial charge >= 0.3 is 5.97 Å². The number of carbonyl (C=O) groups is 2. The minimum atomic E-state index is -1.13. The van der Waals surface area contributed by atoms with Crippen LogP contribution in [0.5, 0.6) is 5.75 Å². The zero-order valence-electron chi connectivity index (χ0n) is 6.02. The second-order valence-electron chi connectivity index (χ2n) is 2.20. The Balaban J connectivity index is 3.22. The van der Waals surface area contributed by atoms with Crippen molar-refractivity contribution in [1.29, 1.82) is 0 Å². The van der Waals surface area contributed by atoms with Gasteiger partial charge in [-0.2, -0.15) is 0 Å². The van der Waals surface area contributed by atoms with Crippen molar-refractivity contribution in [2.75, 3.05) is 0 Å². The number of hydrogen-bond donors (Lipinski definition) is 2. The fraction of sp³-hybridized carbons (Fsp3) is 0. The van der Waals surface area contributed by atoms with Crippen molar-refractivity contribution in [2.45, 2.75) is 0 Å². The summed E-state index contributed by atoms with van der Waals surface area (Å²) in [7, 11) is 0. The fourth-order valence-corrected chi connectivity index (χ4v) is 0.782. The number of hydrogen-bond acceptors (Lipinski definition) is 3. The number of carboxylic acids is 1. The topological polar surface area (TPSA) is 74.6 Å². The highest BCUT2D eigenvalue weighted by Crippen LogP contribution is 2.15. The zero-order chi connectivity index (χ0) is 9.14. The summed E-state index contributed by atoms with van der Waals surface area (Å²) >= 11 is 0. The summed E-state index contributed by atoms with van der Waals surface area (Å²) in [6, 6.07) is 3.52. The Labute approximate surface area is 68.1 Å². The Hall–Kier alpha value is -1.84. The highest BCUT2D eigenvalue weighted by Gasteiger charge is 2.06. The van der Waals surface area contributed by atoms with Crippen LogP contribution in [0.4, 0.5) is 0 Å². The maximum absolute atomic E-state index is 10.4. The van der Waals surface area contributed by atoms with Gasteiger partial charge in [0.2, 0.25) is 0 Å². The molecular weight excluding hydrogens is 160 g/mol. The van der Waals surface area contributed by atoms with E-state index in [9.17, 15) is 9.59 Å². The summed E-state index contributed by atoms with van der Waals surface area (Å²) in [6.07, 6.45) is 0.405. The molecule has 0 saturated heterocycles. The van der Waals surface area contributed by atoms with Crippen molar-refractivity contribution >= 4 is 12.3 Å². The Morgan fingerprint density at radius 2 is 2.08 bits per heavy atom. The molecule has 0 aliphatic heterocycles. The molecule has 1 aromatic rings. The number of phenols is 1. The molecule has 4 nitrogen and oxygen atoms in total. The summed E-state index contributed by atoms with van der Waals surface area (Å²) in [5.74, 6) is -1.34. The minimum absolute atomic E-state index is 0.0186. The number of phenolic OH excluding ortho intramolecular Hbond substituents is 1. The van der Waals surface area contributed by atoms with Gasteiger partial charge in [0.25, 0.3) is 0 Å². The van der Waals surface area contributed by atoms with E-state index in [-0.39, 0.29) is 16.9 Å². The minimum Gasteiger partial charge on any atom is -0.507 e. The van der Waals surface area contributed by atoms with Crippen molar-refractivity contribution in [3.63, 3.8) is 0 Å². The second-order valence-corrected chi connectivity index (χ2v) is 2.20. The van der Waals surface area contributed by atoms with Crippen molar-refractivity contribution < 1.29 is 19.8 Å². The van der Waals surface area contributed by atoms with E-state index in [2.05, 4.69) is 0 Å². The van der Waals surface area contributed by atoms with E-state index in [1.54, 1.807) is 0 Å². The van der Waals surface area contributed by atoms with Gasteiger partial charge in [0.05, 0.1) is 11.1 Å². The van der Waals surface area contributed by atoms with Crippen LogP contribution in [0.2, 0.25) is 0 Å². The van der Waals surface area contributed by atoms with E-state index in [0.29, 0.717) is 6.29 Å². The number of carboxylic acid groups (broad SMARTS) is 1. The normalized spacial score (nSPS) is 9.33. The molecular formula is C8H6O4. The molecule has 4 heteroatoms. The van der Waals surface area contributed by atoms with E-state index in [4.69, 9.17) is 10.2 Å². The largest absolute Gasteiger partial charge is 0.507 e. The average molecular weight is 166 g/mol. The molecule has 0 aliphatic carbocycles. The summed E-state index contributed by atoms with van der Waals surface area (Å²) in [4.78, 5) is 20.6. The van der Waals surface area contributed by atoms with Gasteiger partial charge in [-0.25, -0.2) is 4.79 Å². The first-order valence-corrected chi connectivity index (χ1v) is 3.16. The summed E-state index contributed by atoms with van der Waals surface area (Å²) < 4.78 is 0. The molecule has 0 bridgehead atoms. The van der Waals surface area contributed by atoms with Gasteiger partial charge in [-0.1, -0.05) is 0 Å². The van der Waals surface area contributed by atoms with E-state index >= 15 is 0 Å². The molecule has 0 saturated carbocycles. The SMILES string of the molecule is O=Cc1cc(C(=O)O)ccc1O. The molecule has 0 atom stereocenters. The van der Waals surface area contributed by atoms with Crippen molar-refractivity contribution in [3.05, 3.63) is 29.3 Å². The lowest BCUT2D eigenvalue weighted by Gasteiger charge is -1.97. The lowest BCUT2D eigenvalue weighted by atomic mass is 10.1. The molecule has 2 N–H and O–H groups in total. The molecule has 0 aromatic heterocycles. The van der Waals surface area contributed by atoms with Crippen LogP contribution in [0.3, 0.4) is 0 Å². The van der Waals surface area contributed by atoms with Crippen LogP contribution in [-0.4, -0.2) is 22.5 Å². The average Bonchev–Trinajstić information content (AvgIpc) is 2.05. The van der Waals surface area contributed by atoms with Crippen molar-refractivity contribution in [2.24, 2.45) is 0 Å². The molecule has 12 heavy (non-hydrogen) atoms. The highest BCUT2D eigenvalue weighted by atomic mass is 16.4. The Morgan fingerprint density at radius 1 is 1.42 bits per heavy atom. The fourth-order valence-electron chi connectivity index (χ4n) is 0.782. The number of carbonyl (C=O) groups excluding carboxylic acids is 1. The van der Waals surface area contributed by atoms with Gasteiger partial charge in [-0.05, 0) is 18.2 Å². The number of aldehydes is 1. The van der Waals surface area contributed by atoms with E-state index in [1.165, 1.54) is 12.1 Å². The smallest absolute Gasteiger partial charge is 0.335 e. The Kier molecular flexibility index (Phi) is 2.09. The second kappa shape index (κ2) is 3.04. The summed E-state index contributed by atoms with van der Waals surface area (Å²) in [5, 5.41) is 17.5. The molecule has 0 aliphatic rings. The van der Waals surface area contributed by atoms with Gasteiger partial charge < -0.3 is 10.2 Å². The standard InChI is InChI=1S/C8H6O4/c9-4-6-3-5(8(11)12)1-2-7(6)10/h1-4,10H,(H,11,12). The molecule has 0 amide bonds. The van der Waals surface area contributed by atoms with Gasteiger partial charge in [0, 0.05) is 0 Å². The van der Waals surface area contributed by atoms with Crippen LogP contribution in [0.15, 0.2) is 18.2 Å². The zero-order valence-corrected chi connectivity index (χ0v) is 6.02. The van der Waals surface area contributed by atoms with Crippen LogP contribution in [0, 0.1) is 0 Å². The molecule has 1 aromatic carbocycles. The van der Waals surface area contributed by atoms with Crippen molar-refractivity contribution in [1.82, 2.24) is 0 Å². The lowest BCUT2D eigenvalue weighted by molar-refractivity contribution is 0.0697. The third kappa shape index (κ3) is 1.42. The number of benzene rings is 1. The summed E-state index contributed by atoms with van der Waals surface area (Å²) in [6.45, 7) is 0. The lowest BCUT2D eigenvalue weighted by Crippen LogP contribution is -1.96. The third-order valence-electron chi connectivity index (χ3n) is 1.40. The van der Waals surface area contributed by atoms with E-state index in [1.807, 2.05) is 0 Å². The van der Waals surface area contributed by atoms with Crippen LogP contribution >= 0.6 is 0 Å². The van der Waals surface area contributed by atoms with Gasteiger partial charge in [0.1, 0.15) is 5.75 Å². The van der Waals surface area contributed by atoms with Crippen molar-refractivity contribution in [3.8, 4) is 5.75 Å². The highest BCUT2D eigenvalue weighted by molar-refractivity contribution is 5.91. The predicted octanol–water partition coefficient (Wildman–Crippen LogP) is 0.903. The van der Waals surface area contributed by atoms with E-state index < -0.39 is 5.97 Å². The van der Waals surface area contributed by atoms with Gasteiger partial charge in [-0.3, -0.25) is 4.79 Å². The molecule has 1 rings (SSSR count). The first kappa shape index (κ1) is 8.26. The molecule has 0 fully saturated rings. The summed E-state index contributed by atoms with van der Waals surface area (Å²) in [5.41, 5.74) is -0.0372. The number of aromatic hydroxyl groups is 1. The molecule has 0 unspecified atom stereocenters. The Morgan fingerprint density at radius 3 is 2.58 bits per heavy atom. The van der Waals surface area contributed by atoms with Crippen LogP contribution in [0.25, 0.3) is 0 Å². The van der Waals surface area contributed by atoms with Crippen LogP contribution < -0.4 is 0 Å². The first-order chi connectivity index (χ1) is 5.65. The number of rotatable bonds is 2. The predicted molar refractivity (Wildman–Crippen MR) is 40.5 cm³/mol. The third-order valence-corrected chi connectivity index (χ3v) is 1.40. The number of aromatic carboxylic acids is 1. The maximum atomic E-state index is 10.4. The molecule has 62 valence electrons. The van der Waals surface area contributed by atoms with Crippen LogP contribution in [-0.2, 0) is 0 Å². The monoisotopic (exact) mass is 166 g/mol. The van der Waals surface area contributed by atoms with Crippen LogP contribution in [0.1, 0.15) is 20.7 Å². The molecule has 0 heterocycles. The van der Waals surface area contributed by atoms with E-state index in [0.717, 1.165) is 6.07 Å². The molecule has 0 radical (unpaired) electrons. The van der Waals surface area contributed by atoms with Gasteiger partial charge in [-0.15, -0.1) is 0 Å².